The maximum Gasteiger partial charge on any atom is 0.119 e. The van der Waals surface area contributed by atoms with Crippen LogP contribution in [0.1, 0.15) is 65.5 Å². The third kappa shape index (κ3) is 5.79. The Bertz CT molecular complexity index is 264. The van der Waals surface area contributed by atoms with Gasteiger partial charge in [-0.1, -0.05) is 60.6 Å². The van der Waals surface area contributed by atoms with Crippen LogP contribution < -0.4 is 0 Å². The van der Waals surface area contributed by atoms with Gasteiger partial charge in [-0.05, 0) is 29.5 Å². The molecule has 0 fully saturated rings. The van der Waals surface area contributed by atoms with E-state index in [1.165, 1.54) is 5.56 Å². The maximum atomic E-state index is 9.50. The molecule has 1 heteroatoms. The largest absolute Gasteiger partial charge is 0.508 e. The lowest BCUT2D eigenvalue weighted by atomic mass is 9.99. The first-order valence-electron chi connectivity index (χ1n) is 6.47. The fraction of sp³-hybridized carbons (Fsp3) is 0.600. The monoisotopic (exact) mass is 224 g/mol. The summed E-state index contributed by atoms with van der Waals surface area (Å²) in [5.74, 6) is 0.818. The SMILES string of the molecule is CC.CC.CCc1ccc(O)c(C(C)C)c1. The second-order valence-electron chi connectivity index (χ2n) is 3.40. The van der Waals surface area contributed by atoms with Crippen molar-refractivity contribution < 1.29 is 5.11 Å². The Kier molecular flexibility index (Phi) is 11.5. The first-order chi connectivity index (χ1) is 7.65. The van der Waals surface area contributed by atoms with Gasteiger partial charge in [0.25, 0.3) is 0 Å². The van der Waals surface area contributed by atoms with E-state index in [9.17, 15) is 5.11 Å². The summed E-state index contributed by atoms with van der Waals surface area (Å²) in [7, 11) is 0. The minimum Gasteiger partial charge on any atom is -0.508 e. The highest BCUT2D eigenvalue weighted by Crippen LogP contribution is 2.26. The second-order valence-corrected chi connectivity index (χ2v) is 3.40. The van der Waals surface area contributed by atoms with Gasteiger partial charge in [0.2, 0.25) is 0 Å². The summed E-state index contributed by atoms with van der Waals surface area (Å²) in [6.45, 7) is 14.3. The molecule has 0 aliphatic rings. The lowest BCUT2D eigenvalue weighted by Gasteiger charge is -2.09. The summed E-state index contributed by atoms with van der Waals surface area (Å²) in [5.41, 5.74) is 2.34. The summed E-state index contributed by atoms with van der Waals surface area (Å²) >= 11 is 0. The molecule has 0 aliphatic carbocycles. The molecule has 0 spiro atoms. The van der Waals surface area contributed by atoms with E-state index in [0.29, 0.717) is 11.7 Å². The molecule has 0 saturated heterocycles. The van der Waals surface area contributed by atoms with Crippen LogP contribution in [0.4, 0.5) is 0 Å². The normalized spacial score (nSPS) is 8.75. The molecule has 0 amide bonds. The van der Waals surface area contributed by atoms with Gasteiger partial charge in [0.15, 0.2) is 0 Å². The molecule has 0 atom stereocenters. The van der Waals surface area contributed by atoms with E-state index < -0.39 is 0 Å². The van der Waals surface area contributed by atoms with Crippen LogP contribution in [0.15, 0.2) is 18.2 Å². The van der Waals surface area contributed by atoms with Crippen LogP contribution in [0.5, 0.6) is 5.75 Å². The number of phenols is 1. The van der Waals surface area contributed by atoms with Crippen LogP contribution >= 0.6 is 0 Å². The van der Waals surface area contributed by atoms with Crippen LogP contribution in [-0.4, -0.2) is 5.11 Å². The Balaban J connectivity index is 0. The molecule has 1 N–H and O–H groups in total. The molecular formula is C15H28O. The molecule has 1 nitrogen and oxygen atoms in total. The van der Waals surface area contributed by atoms with E-state index in [1.54, 1.807) is 6.07 Å². The van der Waals surface area contributed by atoms with Gasteiger partial charge in [-0.15, -0.1) is 0 Å². The molecule has 0 heterocycles. The number of phenolic OH excluding ortho intramolecular Hbond substituents is 1. The highest BCUT2D eigenvalue weighted by Gasteiger charge is 2.05. The summed E-state index contributed by atoms with van der Waals surface area (Å²) in [5, 5.41) is 9.50. The molecule has 1 aromatic carbocycles. The minimum absolute atomic E-state index is 0.400. The summed E-state index contributed by atoms with van der Waals surface area (Å²) in [6.07, 6.45) is 1.03. The van der Waals surface area contributed by atoms with E-state index >= 15 is 0 Å². The molecule has 0 aliphatic heterocycles. The zero-order valence-electron chi connectivity index (χ0n) is 12.0. The smallest absolute Gasteiger partial charge is 0.119 e. The Morgan fingerprint density at radius 3 is 1.94 bits per heavy atom. The fourth-order valence-corrected chi connectivity index (χ4v) is 1.29. The fourth-order valence-electron chi connectivity index (χ4n) is 1.29. The molecular weight excluding hydrogens is 196 g/mol. The van der Waals surface area contributed by atoms with Gasteiger partial charge in [0, 0.05) is 0 Å². The van der Waals surface area contributed by atoms with Crippen molar-refractivity contribution in [1.29, 1.82) is 0 Å². The van der Waals surface area contributed by atoms with Gasteiger partial charge >= 0.3 is 0 Å². The number of hydrogen-bond acceptors (Lipinski definition) is 1. The van der Waals surface area contributed by atoms with Gasteiger partial charge < -0.3 is 5.11 Å². The van der Waals surface area contributed by atoms with Crippen molar-refractivity contribution in [2.24, 2.45) is 0 Å². The number of rotatable bonds is 2. The second kappa shape index (κ2) is 10.5. The van der Waals surface area contributed by atoms with E-state index in [2.05, 4.69) is 26.8 Å². The molecule has 1 rings (SSSR count). The lowest BCUT2D eigenvalue weighted by Crippen LogP contribution is -1.90. The summed E-state index contributed by atoms with van der Waals surface area (Å²) < 4.78 is 0. The average Bonchev–Trinajstić information content (AvgIpc) is 2.34. The zero-order chi connectivity index (χ0) is 13.1. The molecule has 94 valence electrons. The number of benzene rings is 1. The highest BCUT2D eigenvalue weighted by atomic mass is 16.3. The third-order valence-corrected chi connectivity index (χ3v) is 2.12. The van der Waals surface area contributed by atoms with E-state index in [4.69, 9.17) is 0 Å². The minimum atomic E-state index is 0.400. The van der Waals surface area contributed by atoms with Crippen LogP contribution in [0.2, 0.25) is 0 Å². The Morgan fingerprint density at radius 2 is 1.56 bits per heavy atom. The molecule has 0 unspecified atom stereocenters. The zero-order valence-corrected chi connectivity index (χ0v) is 12.0. The lowest BCUT2D eigenvalue weighted by molar-refractivity contribution is 0.464. The number of aryl methyl sites for hydroxylation is 1. The third-order valence-electron chi connectivity index (χ3n) is 2.12. The molecule has 1 aromatic rings. The van der Waals surface area contributed by atoms with Crippen molar-refractivity contribution in [2.45, 2.75) is 60.8 Å². The Morgan fingerprint density at radius 1 is 1.06 bits per heavy atom. The van der Waals surface area contributed by atoms with Gasteiger partial charge in [0.05, 0.1) is 0 Å². The molecule has 0 aromatic heterocycles. The summed E-state index contributed by atoms with van der Waals surface area (Å²) in [6, 6.07) is 5.84. The van der Waals surface area contributed by atoms with Crippen LogP contribution in [0.3, 0.4) is 0 Å². The van der Waals surface area contributed by atoms with E-state index in [1.807, 2.05) is 33.8 Å². The van der Waals surface area contributed by atoms with Crippen LogP contribution in [0.25, 0.3) is 0 Å². The van der Waals surface area contributed by atoms with Crippen molar-refractivity contribution >= 4 is 0 Å². The van der Waals surface area contributed by atoms with Crippen molar-refractivity contribution in [3.05, 3.63) is 29.3 Å². The van der Waals surface area contributed by atoms with Crippen molar-refractivity contribution in [2.75, 3.05) is 0 Å². The van der Waals surface area contributed by atoms with E-state index in [-0.39, 0.29) is 0 Å². The highest BCUT2D eigenvalue weighted by molar-refractivity contribution is 5.38. The van der Waals surface area contributed by atoms with E-state index in [0.717, 1.165) is 12.0 Å². The van der Waals surface area contributed by atoms with Gasteiger partial charge in [0.1, 0.15) is 5.75 Å². The van der Waals surface area contributed by atoms with Gasteiger partial charge in [-0.3, -0.25) is 0 Å². The Hall–Kier alpha value is -0.980. The van der Waals surface area contributed by atoms with Crippen LogP contribution in [-0.2, 0) is 6.42 Å². The summed E-state index contributed by atoms with van der Waals surface area (Å²) in [4.78, 5) is 0. The molecule has 16 heavy (non-hydrogen) atoms. The topological polar surface area (TPSA) is 20.2 Å². The van der Waals surface area contributed by atoms with Crippen LogP contribution in [0, 0.1) is 0 Å². The Labute approximate surface area is 102 Å². The predicted octanol–water partition coefficient (Wildman–Crippen LogP) is 5.13. The molecule has 0 saturated carbocycles. The standard InChI is InChI=1S/C11H16O.2C2H6/c1-4-9-5-6-11(12)10(7-9)8(2)3;2*1-2/h5-8,12H,4H2,1-3H3;2*1-2H3. The van der Waals surface area contributed by atoms with Crippen molar-refractivity contribution in [3.8, 4) is 5.75 Å². The average molecular weight is 224 g/mol. The van der Waals surface area contributed by atoms with Crippen molar-refractivity contribution in [3.63, 3.8) is 0 Å². The van der Waals surface area contributed by atoms with Gasteiger partial charge in [-0.25, -0.2) is 0 Å². The first-order valence-corrected chi connectivity index (χ1v) is 6.47. The van der Waals surface area contributed by atoms with Gasteiger partial charge in [-0.2, -0.15) is 0 Å². The predicted molar refractivity (Wildman–Crippen MR) is 74.3 cm³/mol. The molecule has 0 radical (unpaired) electrons. The first kappa shape index (κ1) is 17.4. The maximum absolute atomic E-state index is 9.50. The molecule has 0 bridgehead atoms. The quantitative estimate of drug-likeness (QED) is 0.738. The number of aromatic hydroxyl groups is 1. The number of hydrogen-bond donors (Lipinski definition) is 1. The van der Waals surface area contributed by atoms with Crippen molar-refractivity contribution in [1.82, 2.24) is 0 Å².